The van der Waals surface area contributed by atoms with Crippen LogP contribution in [0.4, 0.5) is 0 Å². The largest absolute Gasteiger partial charge is 0.469 e. The first-order valence-electron chi connectivity index (χ1n) is 10.0. The molecule has 3 aromatic carbocycles. The second-order valence-electron chi connectivity index (χ2n) is 7.57. The van der Waals surface area contributed by atoms with E-state index in [1.807, 2.05) is 18.2 Å². The molecular weight excluding hydrogens is 368 g/mol. The topological polar surface area (TPSA) is 24.8 Å². The Morgan fingerprint density at radius 3 is 2.86 bits per heavy atom. The van der Waals surface area contributed by atoms with Crippen molar-refractivity contribution >= 4 is 28.1 Å². The predicted octanol–water partition coefficient (Wildman–Crippen LogP) is 6.55. The minimum absolute atomic E-state index is 0.0221. The second kappa shape index (κ2) is 7.14. The van der Waals surface area contributed by atoms with Crippen LogP contribution in [0, 0.1) is 0 Å². The first kappa shape index (κ1) is 17.6. The fourth-order valence-electron chi connectivity index (χ4n) is 4.34. The molecule has 2 aliphatic heterocycles. The van der Waals surface area contributed by atoms with E-state index in [1.165, 1.54) is 16.3 Å². The van der Waals surface area contributed by atoms with Crippen LogP contribution in [0.15, 0.2) is 65.8 Å². The molecule has 0 amide bonds. The highest BCUT2D eigenvalue weighted by Crippen LogP contribution is 2.45. The van der Waals surface area contributed by atoms with Crippen LogP contribution in [-0.4, -0.2) is 16.9 Å². The summed E-state index contributed by atoms with van der Waals surface area (Å²) < 4.78 is 6.33. The molecule has 0 unspecified atom stereocenters. The first-order chi connectivity index (χ1) is 13.7. The molecule has 0 radical (unpaired) electrons. The Morgan fingerprint density at radius 2 is 1.96 bits per heavy atom. The molecule has 0 fully saturated rings. The summed E-state index contributed by atoms with van der Waals surface area (Å²) >= 11 is 6.31. The number of ether oxygens (including phenoxy) is 1. The Balaban J connectivity index is 1.58. The molecule has 2 heterocycles. The normalized spacial score (nSPS) is 20.5. The van der Waals surface area contributed by atoms with Gasteiger partial charge in [0.15, 0.2) is 6.23 Å². The van der Waals surface area contributed by atoms with E-state index in [-0.39, 0.29) is 12.3 Å². The summed E-state index contributed by atoms with van der Waals surface area (Å²) in [5.74, 6) is 0.945. The molecular formula is C24H23ClN2O. The summed E-state index contributed by atoms with van der Waals surface area (Å²) in [6.45, 7) is 2.21. The van der Waals surface area contributed by atoms with E-state index in [1.54, 1.807) is 0 Å². The molecule has 28 heavy (non-hydrogen) atoms. The zero-order chi connectivity index (χ0) is 19.1. The van der Waals surface area contributed by atoms with Crippen molar-refractivity contribution in [2.75, 3.05) is 0 Å². The first-order valence-corrected chi connectivity index (χ1v) is 10.4. The lowest BCUT2D eigenvalue weighted by Gasteiger charge is -2.38. The standard InChI is InChI=1S/C24H23ClN2O/c1-2-3-11-24-27-22(20-14-17(25)12-13-23(20)28-24)15-21(26-27)19-10-6-8-16-7-4-5-9-18(16)19/h4-10,12-14,22,24H,2-3,11,15H2,1H3/t22-,24-/m1/s1. The molecule has 0 saturated carbocycles. The van der Waals surface area contributed by atoms with E-state index < -0.39 is 0 Å². The van der Waals surface area contributed by atoms with Crippen LogP contribution in [0.25, 0.3) is 10.8 Å². The predicted molar refractivity (Wildman–Crippen MR) is 115 cm³/mol. The number of hydrazone groups is 1. The van der Waals surface area contributed by atoms with Gasteiger partial charge in [-0.1, -0.05) is 67.4 Å². The van der Waals surface area contributed by atoms with Gasteiger partial charge in [-0.25, -0.2) is 0 Å². The van der Waals surface area contributed by atoms with Crippen molar-refractivity contribution in [3.05, 3.63) is 76.8 Å². The molecule has 0 aliphatic carbocycles. The van der Waals surface area contributed by atoms with Crippen molar-refractivity contribution in [3.63, 3.8) is 0 Å². The third kappa shape index (κ3) is 2.94. The molecule has 4 heteroatoms. The zero-order valence-corrected chi connectivity index (χ0v) is 16.7. The van der Waals surface area contributed by atoms with Crippen LogP contribution >= 0.6 is 11.6 Å². The zero-order valence-electron chi connectivity index (χ0n) is 15.9. The maximum Gasteiger partial charge on any atom is 0.187 e. The quantitative estimate of drug-likeness (QED) is 0.504. The average Bonchev–Trinajstić information content (AvgIpc) is 3.17. The fraction of sp³-hybridized carbons (Fsp3) is 0.292. The lowest BCUT2D eigenvalue weighted by Crippen LogP contribution is -2.40. The molecule has 0 N–H and O–H groups in total. The highest BCUT2D eigenvalue weighted by molar-refractivity contribution is 6.30. The number of hydrogen-bond donors (Lipinski definition) is 0. The van der Waals surface area contributed by atoms with Crippen LogP contribution < -0.4 is 4.74 Å². The summed E-state index contributed by atoms with van der Waals surface area (Å²) in [7, 11) is 0. The fourth-order valence-corrected chi connectivity index (χ4v) is 4.52. The van der Waals surface area contributed by atoms with Crippen LogP contribution in [-0.2, 0) is 0 Å². The van der Waals surface area contributed by atoms with Gasteiger partial charge in [0.2, 0.25) is 0 Å². The van der Waals surface area contributed by atoms with Gasteiger partial charge >= 0.3 is 0 Å². The number of benzene rings is 3. The minimum atomic E-state index is -0.0221. The van der Waals surface area contributed by atoms with Crippen molar-refractivity contribution in [3.8, 4) is 5.75 Å². The monoisotopic (exact) mass is 390 g/mol. The molecule has 0 saturated heterocycles. The van der Waals surface area contributed by atoms with Crippen LogP contribution in [0.3, 0.4) is 0 Å². The Kier molecular flexibility index (Phi) is 4.48. The molecule has 3 aromatic rings. The number of halogens is 1. The highest BCUT2D eigenvalue weighted by Gasteiger charge is 2.40. The van der Waals surface area contributed by atoms with E-state index in [9.17, 15) is 0 Å². The Bertz CT molecular complexity index is 1060. The van der Waals surface area contributed by atoms with Crippen LogP contribution in [0.2, 0.25) is 5.02 Å². The number of hydrogen-bond acceptors (Lipinski definition) is 3. The second-order valence-corrected chi connectivity index (χ2v) is 8.01. The van der Waals surface area contributed by atoms with Gasteiger partial charge in [0.25, 0.3) is 0 Å². The van der Waals surface area contributed by atoms with Gasteiger partial charge in [0, 0.05) is 29.0 Å². The summed E-state index contributed by atoms with van der Waals surface area (Å²) in [5.41, 5.74) is 3.48. The van der Waals surface area contributed by atoms with Crippen molar-refractivity contribution < 1.29 is 4.74 Å². The number of fused-ring (bicyclic) bond motifs is 4. The number of unbranched alkanes of at least 4 members (excludes halogenated alkanes) is 1. The molecule has 0 spiro atoms. The van der Waals surface area contributed by atoms with E-state index in [0.717, 1.165) is 47.7 Å². The molecule has 2 aliphatic rings. The van der Waals surface area contributed by atoms with E-state index in [2.05, 4.69) is 54.4 Å². The summed E-state index contributed by atoms with van der Waals surface area (Å²) in [6, 6.07) is 21.1. The molecule has 2 atom stereocenters. The SMILES string of the molecule is CCCC[C@H]1Oc2ccc(Cl)cc2[C@H]2CC(c3cccc4ccccc34)=NN21. The van der Waals surface area contributed by atoms with Gasteiger partial charge in [0.05, 0.1) is 11.8 Å². The smallest absolute Gasteiger partial charge is 0.187 e. The van der Waals surface area contributed by atoms with Crippen molar-refractivity contribution in [2.45, 2.75) is 44.9 Å². The van der Waals surface area contributed by atoms with Gasteiger partial charge < -0.3 is 4.74 Å². The average molecular weight is 391 g/mol. The number of nitrogens with zero attached hydrogens (tertiary/aromatic N) is 2. The van der Waals surface area contributed by atoms with Crippen molar-refractivity contribution in [1.82, 2.24) is 5.01 Å². The van der Waals surface area contributed by atoms with E-state index in [4.69, 9.17) is 21.4 Å². The molecule has 142 valence electrons. The highest BCUT2D eigenvalue weighted by atomic mass is 35.5. The molecule has 0 bridgehead atoms. The Hall–Kier alpha value is -2.52. The summed E-state index contributed by atoms with van der Waals surface area (Å²) in [6.07, 6.45) is 4.09. The van der Waals surface area contributed by atoms with Gasteiger partial charge in [0.1, 0.15) is 5.75 Å². The van der Waals surface area contributed by atoms with Gasteiger partial charge in [-0.3, -0.25) is 5.01 Å². The van der Waals surface area contributed by atoms with Crippen LogP contribution in [0.1, 0.15) is 49.8 Å². The van der Waals surface area contributed by atoms with Gasteiger partial charge in [-0.15, -0.1) is 0 Å². The van der Waals surface area contributed by atoms with Gasteiger partial charge in [-0.2, -0.15) is 5.10 Å². The lowest BCUT2D eigenvalue weighted by atomic mass is 9.94. The molecule has 0 aromatic heterocycles. The Labute approximate surface area is 170 Å². The van der Waals surface area contributed by atoms with E-state index >= 15 is 0 Å². The summed E-state index contributed by atoms with van der Waals surface area (Å²) in [5, 5.41) is 10.5. The third-order valence-electron chi connectivity index (χ3n) is 5.74. The summed E-state index contributed by atoms with van der Waals surface area (Å²) in [4.78, 5) is 0. The van der Waals surface area contributed by atoms with E-state index in [0.29, 0.717) is 0 Å². The molecule has 3 nitrogen and oxygen atoms in total. The number of rotatable bonds is 4. The lowest BCUT2D eigenvalue weighted by molar-refractivity contribution is -0.0231. The van der Waals surface area contributed by atoms with Crippen LogP contribution in [0.5, 0.6) is 5.75 Å². The Morgan fingerprint density at radius 1 is 1.11 bits per heavy atom. The maximum absolute atomic E-state index is 6.33. The molecule has 5 rings (SSSR count). The minimum Gasteiger partial charge on any atom is -0.469 e. The van der Waals surface area contributed by atoms with Crippen molar-refractivity contribution in [2.24, 2.45) is 5.10 Å². The third-order valence-corrected chi connectivity index (χ3v) is 5.97. The van der Waals surface area contributed by atoms with Gasteiger partial charge in [-0.05, 0) is 35.4 Å². The van der Waals surface area contributed by atoms with Crippen molar-refractivity contribution in [1.29, 1.82) is 0 Å². The maximum atomic E-state index is 6.33.